The molecule has 0 aromatic heterocycles. The smallest absolute Gasteiger partial charge is 0.123 e. The Morgan fingerprint density at radius 3 is 2.44 bits per heavy atom. The maximum atomic E-state index is 12.8. The lowest BCUT2D eigenvalue weighted by Crippen LogP contribution is -2.15. The third-order valence-electron chi connectivity index (χ3n) is 2.96. The van der Waals surface area contributed by atoms with Crippen LogP contribution in [0.25, 0.3) is 0 Å². The van der Waals surface area contributed by atoms with E-state index in [1.165, 1.54) is 12.1 Å². The summed E-state index contributed by atoms with van der Waals surface area (Å²) in [5.41, 5.74) is 0.979. The zero-order chi connectivity index (χ0) is 12.0. The van der Waals surface area contributed by atoms with E-state index in [2.05, 4.69) is 6.92 Å². The largest absolute Gasteiger partial charge is 0.396 e. The van der Waals surface area contributed by atoms with Crippen LogP contribution < -0.4 is 0 Å². The third-order valence-corrected chi connectivity index (χ3v) is 2.96. The molecule has 90 valence electrons. The molecule has 0 bridgehead atoms. The molecule has 2 atom stereocenters. The first kappa shape index (κ1) is 13.1. The van der Waals surface area contributed by atoms with Crippen molar-refractivity contribution in [3.63, 3.8) is 0 Å². The number of ether oxygens (including phenoxy) is 1. The minimum absolute atomic E-state index is 0.0516. The molecule has 3 heteroatoms. The molecule has 0 aliphatic heterocycles. The number of methoxy groups -OCH3 is 1. The van der Waals surface area contributed by atoms with Crippen molar-refractivity contribution in [1.29, 1.82) is 0 Å². The molecule has 0 aliphatic carbocycles. The summed E-state index contributed by atoms with van der Waals surface area (Å²) in [6, 6.07) is 6.33. The van der Waals surface area contributed by atoms with Gasteiger partial charge in [0, 0.05) is 19.6 Å². The molecule has 0 spiro atoms. The third kappa shape index (κ3) is 3.58. The van der Waals surface area contributed by atoms with Crippen molar-refractivity contribution in [3.8, 4) is 0 Å². The zero-order valence-electron chi connectivity index (χ0n) is 9.82. The van der Waals surface area contributed by atoms with E-state index in [0.29, 0.717) is 12.5 Å². The highest BCUT2D eigenvalue weighted by Gasteiger charge is 2.18. The number of halogens is 1. The van der Waals surface area contributed by atoms with Gasteiger partial charge in [0.15, 0.2) is 0 Å². The van der Waals surface area contributed by atoms with Crippen LogP contribution in [0.2, 0.25) is 0 Å². The van der Waals surface area contributed by atoms with E-state index in [0.717, 1.165) is 12.0 Å². The Balaban J connectivity index is 2.69. The van der Waals surface area contributed by atoms with Gasteiger partial charge in [-0.25, -0.2) is 4.39 Å². The van der Waals surface area contributed by atoms with Crippen LogP contribution in [-0.2, 0) is 4.74 Å². The molecule has 0 saturated heterocycles. The first-order valence-corrected chi connectivity index (χ1v) is 5.54. The average molecular weight is 226 g/mol. The lowest BCUT2D eigenvalue weighted by molar-refractivity contribution is 0.159. The molecular weight excluding hydrogens is 207 g/mol. The first-order chi connectivity index (χ1) is 7.69. The molecule has 1 aromatic carbocycles. The second-order valence-electron chi connectivity index (χ2n) is 4.10. The van der Waals surface area contributed by atoms with Gasteiger partial charge in [-0.2, -0.15) is 0 Å². The summed E-state index contributed by atoms with van der Waals surface area (Å²) < 4.78 is 17.8. The van der Waals surface area contributed by atoms with Crippen LogP contribution in [0.5, 0.6) is 0 Å². The van der Waals surface area contributed by atoms with Gasteiger partial charge in [-0.3, -0.25) is 0 Å². The highest BCUT2D eigenvalue weighted by atomic mass is 19.1. The van der Waals surface area contributed by atoms with Crippen molar-refractivity contribution >= 4 is 0 Å². The minimum atomic E-state index is -0.245. The molecule has 2 nitrogen and oxygen atoms in total. The zero-order valence-corrected chi connectivity index (χ0v) is 9.82. The maximum Gasteiger partial charge on any atom is 0.123 e. The van der Waals surface area contributed by atoms with E-state index < -0.39 is 0 Å². The Morgan fingerprint density at radius 1 is 1.31 bits per heavy atom. The average Bonchev–Trinajstić information content (AvgIpc) is 2.30. The lowest BCUT2D eigenvalue weighted by Gasteiger charge is -2.22. The molecule has 1 N–H and O–H groups in total. The molecular formula is C13H19FO2. The summed E-state index contributed by atoms with van der Waals surface area (Å²) in [7, 11) is 1.67. The fraction of sp³-hybridized carbons (Fsp3) is 0.538. The fourth-order valence-electron chi connectivity index (χ4n) is 1.83. The number of hydrogen-bond acceptors (Lipinski definition) is 2. The number of benzene rings is 1. The minimum Gasteiger partial charge on any atom is -0.396 e. The van der Waals surface area contributed by atoms with Crippen LogP contribution in [0.4, 0.5) is 4.39 Å². The van der Waals surface area contributed by atoms with Crippen molar-refractivity contribution in [3.05, 3.63) is 35.6 Å². The topological polar surface area (TPSA) is 29.5 Å². The number of rotatable bonds is 6. The summed E-state index contributed by atoms with van der Waals surface area (Å²) in [5, 5.41) is 9.38. The van der Waals surface area contributed by atoms with Gasteiger partial charge < -0.3 is 9.84 Å². The molecule has 0 radical (unpaired) electrons. The first-order valence-electron chi connectivity index (χ1n) is 5.54. The predicted octanol–water partition coefficient (Wildman–Crippen LogP) is 2.57. The predicted molar refractivity (Wildman–Crippen MR) is 61.9 cm³/mol. The second kappa shape index (κ2) is 6.61. The SMILES string of the molecule is COCCC(C)C(CO)c1ccc(F)cc1. The molecule has 1 aromatic rings. The van der Waals surface area contributed by atoms with Gasteiger partial charge in [0.2, 0.25) is 0 Å². The summed E-state index contributed by atoms with van der Waals surface area (Å²) >= 11 is 0. The van der Waals surface area contributed by atoms with Gasteiger partial charge in [-0.15, -0.1) is 0 Å². The van der Waals surface area contributed by atoms with Gasteiger partial charge in [-0.1, -0.05) is 19.1 Å². The monoisotopic (exact) mass is 226 g/mol. The summed E-state index contributed by atoms with van der Waals surface area (Å²) in [6.07, 6.45) is 0.888. The van der Waals surface area contributed by atoms with Gasteiger partial charge >= 0.3 is 0 Å². The van der Waals surface area contributed by atoms with Gasteiger partial charge in [0.1, 0.15) is 5.82 Å². The summed E-state index contributed by atoms with van der Waals surface area (Å²) in [6.45, 7) is 2.83. The van der Waals surface area contributed by atoms with E-state index in [-0.39, 0.29) is 18.3 Å². The lowest BCUT2D eigenvalue weighted by atomic mass is 9.86. The maximum absolute atomic E-state index is 12.8. The molecule has 0 aliphatic rings. The highest BCUT2D eigenvalue weighted by Crippen LogP contribution is 2.26. The molecule has 0 saturated carbocycles. The Bertz CT molecular complexity index is 297. The van der Waals surface area contributed by atoms with Gasteiger partial charge in [0.05, 0.1) is 6.61 Å². The van der Waals surface area contributed by atoms with Crippen molar-refractivity contribution in [2.45, 2.75) is 19.3 Å². The summed E-state index contributed by atoms with van der Waals surface area (Å²) in [4.78, 5) is 0. The Labute approximate surface area is 96.1 Å². The van der Waals surface area contributed by atoms with Crippen molar-refractivity contribution < 1.29 is 14.2 Å². The molecule has 2 unspecified atom stereocenters. The van der Waals surface area contributed by atoms with E-state index >= 15 is 0 Å². The van der Waals surface area contributed by atoms with E-state index in [4.69, 9.17) is 4.74 Å². The molecule has 0 heterocycles. The molecule has 0 amide bonds. The second-order valence-corrected chi connectivity index (χ2v) is 4.10. The van der Waals surface area contributed by atoms with Crippen LogP contribution in [-0.4, -0.2) is 25.4 Å². The highest BCUT2D eigenvalue weighted by molar-refractivity contribution is 5.21. The van der Waals surface area contributed by atoms with E-state index in [1.807, 2.05) is 0 Å². The van der Waals surface area contributed by atoms with Crippen molar-refractivity contribution in [2.75, 3.05) is 20.3 Å². The van der Waals surface area contributed by atoms with Crippen LogP contribution in [0.3, 0.4) is 0 Å². The Hall–Kier alpha value is -0.930. The molecule has 16 heavy (non-hydrogen) atoms. The Morgan fingerprint density at radius 2 is 1.94 bits per heavy atom. The van der Waals surface area contributed by atoms with Gasteiger partial charge in [0.25, 0.3) is 0 Å². The van der Waals surface area contributed by atoms with Crippen LogP contribution in [0.1, 0.15) is 24.8 Å². The van der Waals surface area contributed by atoms with E-state index in [9.17, 15) is 9.50 Å². The quantitative estimate of drug-likeness (QED) is 0.807. The van der Waals surface area contributed by atoms with Crippen molar-refractivity contribution in [1.82, 2.24) is 0 Å². The number of aliphatic hydroxyl groups excluding tert-OH is 1. The van der Waals surface area contributed by atoms with Crippen molar-refractivity contribution in [2.24, 2.45) is 5.92 Å². The summed E-state index contributed by atoms with van der Waals surface area (Å²) in [5.74, 6) is 0.121. The standard InChI is InChI=1S/C13H19FO2/c1-10(7-8-16-2)13(9-15)11-3-5-12(14)6-4-11/h3-6,10,13,15H,7-9H2,1-2H3. The number of hydrogen-bond donors (Lipinski definition) is 1. The molecule has 1 rings (SSSR count). The molecule has 0 fully saturated rings. The van der Waals surface area contributed by atoms with Gasteiger partial charge in [-0.05, 0) is 30.0 Å². The van der Waals surface area contributed by atoms with Crippen LogP contribution >= 0.6 is 0 Å². The fourth-order valence-corrected chi connectivity index (χ4v) is 1.83. The van der Waals surface area contributed by atoms with Crippen LogP contribution in [0.15, 0.2) is 24.3 Å². The Kier molecular flexibility index (Phi) is 5.43. The normalized spacial score (nSPS) is 14.8. The van der Waals surface area contributed by atoms with Crippen LogP contribution in [0, 0.1) is 11.7 Å². The number of aliphatic hydroxyl groups is 1. The van der Waals surface area contributed by atoms with E-state index in [1.54, 1.807) is 19.2 Å².